The van der Waals surface area contributed by atoms with E-state index in [1.165, 1.54) is 10.6 Å². The van der Waals surface area contributed by atoms with Crippen LogP contribution >= 0.6 is 23.2 Å². The Morgan fingerprint density at radius 2 is 1.91 bits per heavy atom. The van der Waals surface area contributed by atoms with Crippen LogP contribution in [0.15, 0.2) is 18.2 Å². The number of hydrogen-bond acceptors (Lipinski definition) is 3. The van der Waals surface area contributed by atoms with Crippen LogP contribution in [-0.4, -0.2) is 49.9 Å². The number of carbonyl (C=O) groups excluding carboxylic acids is 1. The Kier molecular flexibility index (Phi) is 5.94. The zero-order valence-electron chi connectivity index (χ0n) is 13.1. The second-order valence-electron chi connectivity index (χ2n) is 5.87. The second-order valence-corrected chi connectivity index (χ2v) is 8.69. The van der Waals surface area contributed by atoms with E-state index in [-0.39, 0.29) is 11.8 Å². The van der Waals surface area contributed by atoms with Crippen molar-refractivity contribution in [3.8, 4) is 0 Å². The van der Waals surface area contributed by atoms with Gasteiger partial charge in [0.1, 0.15) is 0 Å². The summed E-state index contributed by atoms with van der Waals surface area (Å²) in [5.74, 6) is -0.131. The first-order valence-corrected chi connectivity index (χ1v) is 9.93. The lowest BCUT2D eigenvalue weighted by Gasteiger charge is -2.31. The third-order valence-electron chi connectivity index (χ3n) is 4.07. The topological polar surface area (TPSA) is 57.7 Å². The lowest BCUT2D eigenvalue weighted by Crippen LogP contribution is -2.42. The van der Waals surface area contributed by atoms with E-state index >= 15 is 0 Å². The first kappa shape index (κ1) is 18.5. The lowest BCUT2D eigenvalue weighted by atomic mass is 9.96. The Morgan fingerprint density at radius 1 is 1.30 bits per heavy atom. The average molecular weight is 379 g/mol. The van der Waals surface area contributed by atoms with Crippen LogP contribution in [0.1, 0.15) is 18.4 Å². The molecule has 1 amide bonds. The fraction of sp³-hybridized carbons (Fsp3) is 0.533. The summed E-state index contributed by atoms with van der Waals surface area (Å²) >= 11 is 12.0. The minimum absolute atomic E-state index is 0.0177. The number of hydrogen-bond donors (Lipinski definition) is 0. The van der Waals surface area contributed by atoms with Gasteiger partial charge in [0.15, 0.2) is 0 Å². The molecule has 1 aliphatic rings. The largest absolute Gasteiger partial charge is 0.341 e. The SMILES string of the molecule is CN(Cc1ccc(Cl)cc1Cl)C(=O)C1CCN(S(C)(=O)=O)CC1. The molecule has 1 aromatic rings. The molecule has 8 heteroatoms. The smallest absolute Gasteiger partial charge is 0.225 e. The van der Waals surface area contributed by atoms with Gasteiger partial charge in [-0.1, -0.05) is 29.3 Å². The summed E-state index contributed by atoms with van der Waals surface area (Å²) in [7, 11) is -1.44. The van der Waals surface area contributed by atoms with E-state index in [1.54, 1.807) is 30.1 Å². The number of halogens is 2. The standard InChI is InChI=1S/C15H20Cl2N2O3S/c1-18(10-12-3-4-13(16)9-14(12)17)15(20)11-5-7-19(8-6-11)23(2,21)22/h3-4,9,11H,5-8,10H2,1-2H3. The minimum atomic E-state index is -3.18. The van der Waals surface area contributed by atoms with Gasteiger partial charge in [-0.2, -0.15) is 0 Å². The number of carbonyl (C=O) groups is 1. The summed E-state index contributed by atoms with van der Waals surface area (Å²) in [5, 5.41) is 1.09. The number of piperidine rings is 1. The van der Waals surface area contributed by atoms with Crippen LogP contribution in [0.2, 0.25) is 10.0 Å². The maximum Gasteiger partial charge on any atom is 0.225 e. The summed E-state index contributed by atoms with van der Waals surface area (Å²) in [5.41, 5.74) is 0.834. The molecule has 1 aliphatic heterocycles. The fourth-order valence-electron chi connectivity index (χ4n) is 2.73. The average Bonchev–Trinajstić information content (AvgIpc) is 2.48. The van der Waals surface area contributed by atoms with Crippen molar-refractivity contribution in [3.63, 3.8) is 0 Å². The molecule has 0 bridgehead atoms. The molecule has 128 valence electrons. The molecular formula is C15H20Cl2N2O3S. The molecule has 0 N–H and O–H groups in total. The maximum atomic E-state index is 12.5. The van der Waals surface area contributed by atoms with Crippen LogP contribution < -0.4 is 0 Å². The van der Waals surface area contributed by atoms with E-state index in [1.807, 2.05) is 0 Å². The zero-order chi connectivity index (χ0) is 17.2. The summed E-state index contributed by atoms with van der Waals surface area (Å²) in [4.78, 5) is 14.2. The Balaban J connectivity index is 1.95. The lowest BCUT2D eigenvalue weighted by molar-refractivity contribution is -0.135. The van der Waals surface area contributed by atoms with Crippen molar-refractivity contribution in [2.75, 3.05) is 26.4 Å². The van der Waals surface area contributed by atoms with Gasteiger partial charge in [0, 0.05) is 42.6 Å². The summed E-state index contributed by atoms with van der Waals surface area (Å²) in [6, 6.07) is 5.20. The molecule has 1 aromatic carbocycles. The van der Waals surface area contributed by atoms with E-state index in [4.69, 9.17) is 23.2 Å². The van der Waals surface area contributed by atoms with E-state index < -0.39 is 10.0 Å². The molecule has 0 spiro atoms. The van der Waals surface area contributed by atoms with Crippen molar-refractivity contribution < 1.29 is 13.2 Å². The predicted octanol–water partition coefficient (Wildman–Crippen LogP) is 2.62. The highest BCUT2D eigenvalue weighted by atomic mass is 35.5. The highest BCUT2D eigenvalue weighted by Crippen LogP contribution is 2.25. The monoisotopic (exact) mass is 378 g/mol. The second kappa shape index (κ2) is 7.38. The molecule has 1 fully saturated rings. The van der Waals surface area contributed by atoms with Crippen molar-refractivity contribution in [1.82, 2.24) is 9.21 Å². The van der Waals surface area contributed by atoms with Crippen molar-refractivity contribution in [1.29, 1.82) is 0 Å². The Morgan fingerprint density at radius 3 is 2.43 bits per heavy atom. The highest BCUT2D eigenvalue weighted by Gasteiger charge is 2.30. The third kappa shape index (κ3) is 4.83. The third-order valence-corrected chi connectivity index (χ3v) is 5.96. The van der Waals surface area contributed by atoms with Gasteiger partial charge in [-0.25, -0.2) is 12.7 Å². The van der Waals surface area contributed by atoms with Crippen molar-refractivity contribution in [2.45, 2.75) is 19.4 Å². The molecule has 1 heterocycles. The number of nitrogens with zero attached hydrogens (tertiary/aromatic N) is 2. The van der Waals surface area contributed by atoms with Crippen molar-refractivity contribution >= 4 is 39.1 Å². The molecule has 0 saturated carbocycles. The molecule has 5 nitrogen and oxygen atoms in total. The van der Waals surface area contributed by atoms with Gasteiger partial charge in [0.05, 0.1) is 6.26 Å². The first-order valence-electron chi connectivity index (χ1n) is 7.32. The maximum absolute atomic E-state index is 12.5. The van der Waals surface area contributed by atoms with Crippen LogP contribution in [0, 0.1) is 5.92 Å². The van der Waals surface area contributed by atoms with Gasteiger partial charge in [-0.3, -0.25) is 4.79 Å². The van der Waals surface area contributed by atoms with Gasteiger partial charge in [0.2, 0.25) is 15.9 Å². The van der Waals surface area contributed by atoms with Crippen LogP contribution in [0.4, 0.5) is 0 Å². The van der Waals surface area contributed by atoms with Crippen LogP contribution in [0.3, 0.4) is 0 Å². The Labute approximate surface area is 147 Å². The minimum Gasteiger partial charge on any atom is -0.341 e. The molecule has 0 unspecified atom stereocenters. The predicted molar refractivity (Wildman–Crippen MR) is 92.1 cm³/mol. The van der Waals surface area contributed by atoms with Gasteiger partial charge in [-0.05, 0) is 30.5 Å². The van der Waals surface area contributed by atoms with Crippen molar-refractivity contribution in [2.24, 2.45) is 5.92 Å². The zero-order valence-corrected chi connectivity index (χ0v) is 15.5. The molecule has 0 aliphatic carbocycles. The summed E-state index contributed by atoms with van der Waals surface area (Å²) in [6.45, 7) is 1.19. The molecule has 0 aromatic heterocycles. The fourth-order valence-corrected chi connectivity index (χ4v) is 4.07. The van der Waals surface area contributed by atoms with E-state index in [9.17, 15) is 13.2 Å². The van der Waals surface area contributed by atoms with Gasteiger partial charge < -0.3 is 4.90 Å². The van der Waals surface area contributed by atoms with Gasteiger partial charge >= 0.3 is 0 Å². The summed E-state index contributed by atoms with van der Waals surface area (Å²) < 4.78 is 24.4. The van der Waals surface area contributed by atoms with E-state index in [0.29, 0.717) is 42.5 Å². The Hall–Kier alpha value is -0.820. The quantitative estimate of drug-likeness (QED) is 0.808. The molecule has 1 saturated heterocycles. The number of benzene rings is 1. The highest BCUT2D eigenvalue weighted by molar-refractivity contribution is 7.88. The number of sulfonamides is 1. The summed E-state index contributed by atoms with van der Waals surface area (Å²) in [6.07, 6.45) is 2.29. The molecule has 2 rings (SSSR count). The van der Waals surface area contributed by atoms with Crippen LogP contribution in [0.25, 0.3) is 0 Å². The van der Waals surface area contributed by atoms with Crippen LogP contribution in [0.5, 0.6) is 0 Å². The Bertz CT molecular complexity index is 686. The normalized spacial score (nSPS) is 17.2. The number of rotatable bonds is 4. The van der Waals surface area contributed by atoms with Crippen LogP contribution in [-0.2, 0) is 21.4 Å². The number of amides is 1. The van der Waals surface area contributed by atoms with Crippen molar-refractivity contribution in [3.05, 3.63) is 33.8 Å². The molecule has 0 atom stereocenters. The molecule has 0 radical (unpaired) electrons. The van der Waals surface area contributed by atoms with Gasteiger partial charge in [0.25, 0.3) is 0 Å². The molecular weight excluding hydrogens is 359 g/mol. The van der Waals surface area contributed by atoms with E-state index in [2.05, 4.69) is 0 Å². The molecule has 23 heavy (non-hydrogen) atoms. The first-order chi connectivity index (χ1) is 10.7. The van der Waals surface area contributed by atoms with E-state index in [0.717, 1.165) is 5.56 Å². The van der Waals surface area contributed by atoms with Gasteiger partial charge in [-0.15, -0.1) is 0 Å².